The SMILES string of the molecule is CC(C)=Cc1ccc(C#N)c(N2CC3CN([B]C=O)CC3C2)c1. The lowest BCUT2D eigenvalue weighted by atomic mass is 9.95. The van der Waals surface area contributed by atoms with Gasteiger partial charge in [0.1, 0.15) is 6.07 Å². The number of allylic oxidation sites excluding steroid dienone is 1. The Balaban J connectivity index is 1.80. The number of carbonyl (C=O) groups excluding carboxylic acids is 1. The van der Waals surface area contributed by atoms with Crippen LogP contribution in [0.3, 0.4) is 0 Å². The number of nitriles is 1. The monoisotopic (exact) mass is 306 g/mol. The van der Waals surface area contributed by atoms with E-state index in [0.717, 1.165) is 49.2 Å². The molecule has 23 heavy (non-hydrogen) atoms. The maximum atomic E-state index is 10.6. The predicted molar refractivity (Wildman–Crippen MR) is 93.8 cm³/mol. The van der Waals surface area contributed by atoms with E-state index < -0.39 is 0 Å². The van der Waals surface area contributed by atoms with Crippen LogP contribution in [-0.2, 0) is 4.79 Å². The first-order valence-corrected chi connectivity index (χ1v) is 8.07. The van der Waals surface area contributed by atoms with Crippen molar-refractivity contribution in [1.29, 1.82) is 5.26 Å². The Kier molecular flexibility index (Phi) is 4.54. The lowest BCUT2D eigenvalue weighted by Crippen LogP contribution is -2.32. The van der Waals surface area contributed by atoms with E-state index in [-0.39, 0.29) is 0 Å². The third kappa shape index (κ3) is 3.33. The minimum atomic E-state index is 0.574. The summed E-state index contributed by atoms with van der Waals surface area (Å²) in [4.78, 5) is 15.1. The third-order valence-electron chi connectivity index (χ3n) is 4.72. The van der Waals surface area contributed by atoms with E-state index in [1.807, 2.05) is 12.1 Å². The van der Waals surface area contributed by atoms with Gasteiger partial charge in [-0.3, -0.25) is 0 Å². The van der Waals surface area contributed by atoms with Crippen LogP contribution in [0.15, 0.2) is 23.8 Å². The van der Waals surface area contributed by atoms with Gasteiger partial charge < -0.3 is 14.5 Å². The molecule has 0 saturated carbocycles. The Morgan fingerprint density at radius 3 is 2.52 bits per heavy atom. The number of carbonyl (C=O) groups is 1. The molecular weight excluding hydrogens is 285 g/mol. The summed E-state index contributed by atoms with van der Waals surface area (Å²) in [5.41, 5.74) is 4.18. The van der Waals surface area contributed by atoms with Gasteiger partial charge in [0.2, 0.25) is 0 Å². The second kappa shape index (κ2) is 6.60. The van der Waals surface area contributed by atoms with Crippen molar-refractivity contribution in [3.63, 3.8) is 0 Å². The van der Waals surface area contributed by atoms with E-state index in [4.69, 9.17) is 0 Å². The number of rotatable bonds is 4. The first-order chi connectivity index (χ1) is 11.1. The van der Waals surface area contributed by atoms with Crippen LogP contribution in [0.1, 0.15) is 25.0 Å². The van der Waals surface area contributed by atoms with Gasteiger partial charge in [-0.05, 0) is 56.5 Å². The van der Waals surface area contributed by atoms with Gasteiger partial charge in [0.25, 0.3) is 7.41 Å². The fourth-order valence-corrected chi connectivity index (χ4v) is 3.76. The van der Waals surface area contributed by atoms with Gasteiger partial charge in [-0.2, -0.15) is 5.26 Å². The molecule has 0 spiro atoms. The molecule has 0 bridgehead atoms. The maximum Gasteiger partial charge on any atom is 0.293 e. The van der Waals surface area contributed by atoms with E-state index in [1.165, 1.54) is 5.57 Å². The first-order valence-electron chi connectivity index (χ1n) is 8.07. The fraction of sp³-hybridized carbons (Fsp3) is 0.444. The molecule has 0 aliphatic carbocycles. The molecule has 0 N–H and O–H groups in total. The number of nitrogens with zero attached hydrogens (tertiary/aromatic N) is 3. The van der Waals surface area contributed by atoms with E-state index in [9.17, 15) is 10.1 Å². The van der Waals surface area contributed by atoms with Crippen molar-refractivity contribution in [1.82, 2.24) is 4.81 Å². The van der Waals surface area contributed by atoms with Gasteiger partial charge in [0, 0.05) is 13.1 Å². The average molecular weight is 306 g/mol. The van der Waals surface area contributed by atoms with Crippen LogP contribution in [0.5, 0.6) is 0 Å². The van der Waals surface area contributed by atoms with Crippen LogP contribution in [0.4, 0.5) is 5.69 Å². The number of hydrogen-bond acceptors (Lipinski definition) is 4. The molecule has 2 aliphatic heterocycles. The number of hydrogen-bond donors (Lipinski definition) is 0. The van der Waals surface area contributed by atoms with Gasteiger partial charge in [0.15, 0.2) is 0 Å². The molecule has 0 amide bonds. The van der Waals surface area contributed by atoms with Crippen molar-refractivity contribution >= 4 is 25.4 Å². The summed E-state index contributed by atoms with van der Waals surface area (Å²) in [5.74, 6) is 1.15. The lowest BCUT2D eigenvalue weighted by Gasteiger charge is -2.23. The molecule has 3 rings (SSSR count). The lowest BCUT2D eigenvalue weighted by molar-refractivity contribution is 0.503. The third-order valence-corrected chi connectivity index (χ3v) is 4.72. The van der Waals surface area contributed by atoms with Crippen LogP contribution in [-0.4, -0.2) is 44.6 Å². The summed E-state index contributed by atoms with van der Waals surface area (Å²) in [6, 6.07) is 8.38. The minimum absolute atomic E-state index is 0.574. The van der Waals surface area contributed by atoms with Crippen LogP contribution in [0.25, 0.3) is 6.08 Å². The number of fused-ring (bicyclic) bond motifs is 1. The minimum Gasteiger partial charge on any atom is -0.370 e. The smallest absolute Gasteiger partial charge is 0.293 e. The summed E-state index contributed by atoms with van der Waals surface area (Å²) < 4.78 is 0. The first kappa shape index (κ1) is 15.8. The van der Waals surface area contributed by atoms with Crippen LogP contribution in [0, 0.1) is 23.2 Å². The molecule has 4 nitrogen and oxygen atoms in total. The second-order valence-electron chi connectivity index (χ2n) is 6.77. The Morgan fingerprint density at radius 2 is 1.96 bits per heavy atom. The van der Waals surface area contributed by atoms with Crippen molar-refractivity contribution in [2.24, 2.45) is 11.8 Å². The maximum absolute atomic E-state index is 10.6. The predicted octanol–water partition coefficient (Wildman–Crippen LogP) is 2.16. The Bertz CT molecular complexity index is 661. The van der Waals surface area contributed by atoms with E-state index >= 15 is 0 Å². The van der Waals surface area contributed by atoms with Crippen molar-refractivity contribution in [2.75, 3.05) is 31.1 Å². The molecule has 2 heterocycles. The van der Waals surface area contributed by atoms with Crippen LogP contribution in [0.2, 0.25) is 0 Å². The van der Waals surface area contributed by atoms with Crippen molar-refractivity contribution in [2.45, 2.75) is 13.8 Å². The number of anilines is 1. The summed E-state index contributed by atoms with van der Waals surface area (Å²) >= 11 is 0. The Hall–Kier alpha value is -2.06. The normalized spacial score (nSPS) is 23.3. The summed E-state index contributed by atoms with van der Waals surface area (Å²) in [5, 5.41) is 9.42. The summed E-state index contributed by atoms with van der Waals surface area (Å²) in [6.07, 6.45) is 3.01. The van der Waals surface area contributed by atoms with E-state index in [1.54, 1.807) is 7.41 Å². The highest BCUT2D eigenvalue weighted by atomic mass is 16.1. The Labute approximate surface area is 138 Å². The molecule has 1 radical (unpaired) electrons. The van der Waals surface area contributed by atoms with Gasteiger partial charge in [-0.1, -0.05) is 17.7 Å². The highest BCUT2D eigenvalue weighted by Gasteiger charge is 2.40. The second-order valence-corrected chi connectivity index (χ2v) is 6.77. The zero-order valence-electron chi connectivity index (χ0n) is 13.7. The molecule has 5 heteroatoms. The zero-order chi connectivity index (χ0) is 16.4. The molecule has 117 valence electrons. The highest BCUT2D eigenvalue weighted by molar-refractivity contribution is 6.64. The standard InChI is InChI=1S/C18H21BN3O/c1-13(2)5-14-3-4-15(7-20)18(6-14)21-8-16-10-22(19-12-23)11-17(16)9-21/h3-6,12,16-17H,8-11H2,1-2H3. The molecule has 1 aromatic rings. The topological polar surface area (TPSA) is 47.3 Å². The zero-order valence-corrected chi connectivity index (χ0v) is 13.7. The van der Waals surface area contributed by atoms with Gasteiger partial charge in [0.05, 0.1) is 17.4 Å². The molecule has 1 aromatic carbocycles. The largest absolute Gasteiger partial charge is 0.370 e. The molecule has 2 saturated heterocycles. The molecule has 2 unspecified atom stereocenters. The van der Waals surface area contributed by atoms with Gasteiger partial charge in [-0.15, -0.1) is 0 Å². The summed E-state index contributed by atoms with van der Waals surface area (Å²) in [7, 11) is 1.65. The Morgan fingerprint density at radius 1 is 1.26 bits per heavy atom. The highest BCUT2D eigenvalue weighted by Crippen LogP contribution is 2.35. The molecule has 2 fully saturated rings. The summed E-state index contributed by atoms with van der Waals surface area (Å²) in [6.45, 7) is 7.96. The quantitative estimate of drug-likeness (QED) is 0.632. The van der Waals surface area contributed by atoms with E-state index in [0.29, 0.717) is 11.8 Å². The molecule has 2 atom stereocenters. The average Bonchev–Trinajstić information content (AvgIpc) is 3.05. The van der Waals surface area contributed by atoms with Crippen LogP contribution < -0.4 is 4.90 Å². The van der Waals surface area contributed by atoms with Crippen molar-refractivity contribution < 1.29 is 4.79 Å². The molecule has 2 aliphatic rings. The van der Waals surface area contributed by atoms with Crippen molar-refractivity contribution in [3.8, 4) is 6.07 Å². The van der Waals surface area contributed by atoms with Gasteiger partial charge in [-0.25, -0.2) is 0 Å². The van der Waals surface area contributed by atoms with Gasteiger partial charge >= 0.3 is 0 Å². The van der Waals surface area contributed by atoms with Crippen LogP contribution >= 0.6 is 0 Å². The molecule has 0 aromatic heterocycles. The molecular formula is C18H21BN3O. The fourth-order valence-electron chi connectivity index (χ4n) is 3.76. The van der Waals surface area contributed by atoms with E-state index in [2.05, 4.69) is 41.8 Å². The number of benzene rings is 1. The van der Waals surface area contributed by atoms with Crippen molar-refractivity contribution in [3.05, 3.63) is 34.9 Å².